The molecule has 12 heavy (non-hydrogen) atoms. The van der Waals surface area contributed by atoms with Crippen molar-refractivity contribution < 1.29 is 5.21 Å². The summed E-state index contributed by atoms with van der Waals surface area (Å²) in [5, 5.41) is 11.6. The van der Waals surface area contributed by atoms with E-state index >= 15 is 0 Å². The third kappa shape index (κ3) is 2.76. The van der Waals surface area contributed by atoms with Gasteiger partial charge in [-0.15, -0.1) is 0 Å². The predicted molar refractivity (Wildman–Crippen MR) is 50.8 cm³/mol. The summed E-state index contributed by atoms with van der Waals surface area (Å²) in [5.74, 6) is 0. The van der Waals surface area contributed by atoms with Crippen molar-refractivity contribution in [2.75, 3.05) is 0 Å². The van der Waals surface area contributed by atoms with Crippen LogP contribution in [0.5, 0.6) is 0 Å². The van der Waals surface area contributed by atoms with Crippen molar-refractivity contribution in [2.45, 2.75) is 0 Å². The molecule has 0 fully saturated rings. The van der Waals surface area contributed by atoms with E-state index < -0.39 is 0 Å². The molecule has 62 valence electrons. The molecule has 0 aliphatic carbocycles. The highest BCUT2D eigenvalue weighted by Crippen LogP contribution is 2.10. The molecule has 0 amide bonds. The van der Waals surface area contributed by atoms with Gasteiger partial charge in [-0.1, -0.05) is 35.0 Å². The molecule has 1 aromatic carbocycles. The molecule has 0 atom stereocenters. The number of hydrogen-bond donors (Lipinski definition) is 1. The Bertz CT molecular complexity index is 290. The first-order chi connectivity index (χ1) is 5.83. The van der Waals surface area contributed by atoms with Gasteiger partial charge in [0, 0.05) is 5.02 Å². The van der Waals surface area contributed by atoms with E-state index in [1.807, 2.05) is 18.2 Å². The van der Waals surface area contributed by atoms with Crippen LogP contribution in [0.2, 0.25) is 5.02 Å². The van der Waals surface area contributed by atoms with Gasteiger partial charge in [0.2, 0.25) is 0 Å². The first kappa shape index (κ1) is 8.81. The molecule has 0 saturated heterocycles. The number of hydrogen-bond acceptors (Lipinski definition) is 2. The van der Waals surface area contributed by atoms with Crippen LogP contribution in [-0.2, 0) is 0 Å². The van der Waals surface area contributed by atoms with E-state index in [1.165, 1.54) is 6.21 Å². The van der Waals surface area contributed by atoms with Crippen LogP contribution in [0, 0.1) is 0 Å². The molecule has 0 radical (unpaired) electrons. The van der Waals surface area contributed by atoms with E-state index in [-0.39, 0.29) is 0 Å². The normalized spacial score (nSPS) is 11.4. The molecular formula is C9H8ClNO. The summed E-state index contributed by atoms with van der Waals surface area (Å²) in [7, 11) is 0. The van der Waals surface area contributed by atoms with Gasteiger partial charge in [0.05, 0.1) is 6.21 Å². The quantitative estimate of drug-likeness (QED) is 0.425. The first-order valence-corrected chi connectivity index (χ1v) is 3.80. The number of allylic oxidation sites excluding steroid dienone is 1. The van der Waals surface area contributed by atoms with Crippen molar-refractivity contribution in [3.8, 4) is 0 Å². The van der Waals surface area contributed by atoms with Gasteiger partial charge in [0.15, 0.2) is 0 Å². The number of rotatable bonds is 2. The molecule has 1 N–H and O–H groups in total. The Morgan fingerprint density at radius 3 is 2.50 bits per heavy atom. The van der Waals surface area contributed by atoms with Crippen LogP contribution in [0.3, 0.4) is 0 Å². The molecule has 1 aromatic rings. The number of oxime groups is 1. The van der Waals surface area contributed by atoms with Gasteiger partial charge in [-0.3, -0.25) is 0 Å². The molecule has 0 spiro atoms. The van der Waals surface area contributed by atoms with E-state index in [2.05, 4.69) is 5.16 Å². The van der Waals surface area contributed by atoms with Crippen molar-refractivity contribution in [3.05, 3.63) is 40.9 Å². The Morgan fingerprint density at radius 2 is 1.92 bits per heavy atom. The molecule has 0 aliphatic rings. The van der Waals surface area contributed by atoms with Gasteiger partial charge >= 0.3 is 0 Å². The van der Waals surface area contributed by atoms with E-state index in [0.29, 0.717) is 5.02 Å². The molecule has 0 aliphatic heterocycles. The SMILES string of the molecule is O/N=C\C=C\c1ccc(Cl)cc1. The Kier molecular flexibility index (Phi) is 3.35. The summed E-state index contributed by atoms with van der Waals surface area (Å²) in [6.45, 7) is 0. The summed E-state index contributed by atoms with van der Waals surface area (Å²) in [6, 6.07) is 7.36. The lowest BCUT2D eigenvalue weighted by atomic mass is 10.2. The highest BCUT2D eigenvalue weighted by atomic mass is 35.5. The molecule has 0 unspecified atom stereocenters. The zero-order valence-corrected chi connectivity index (χ0v) is 7.07. The van der Waals surface area contributed by atoms with Gasteiger partial charge < -0.3 is 5.21 Å². The van der Waals surface area contributed by atoms with Crippen LogP contribution in [0.1, 0.15) is 5.56 Å². The molecule has 0 saturated carbocycles. The average molecular weight is 182 g/mol. The highest BCUT2D eigenvalue weighted by molar-refractivity contribution is 6.30. The lowest BCUT2D eigenvalue weighted by Gasteiger charge is -1.91. The number of halogens is 1. The second-order valence-corrected chi connectivity index (χ2v) is 2.61. The van der Waals surface area contributed by atoms with Crippen LogP contribution in [0.15, 0.2) is 35.5 Å². The Morgan fingerprint density at radius 1 is 1.25 bits per heavy atom. The van der Waals surface area contributed by atoms with E-state index in [9.17, 15) is 0 Å². The van der Waals surface area contributed by atoms with Crippen molar-refractivity contribution in [3.63, 3.8) is 0 Å². The fourth-order valence-corrected chi connectivity index (χ4v) is 0.893. The van der Waals surface area contributed by atoms with Crippen LogP contribution in [0.4, 0.5) is 0 Å². The van der Waals surface area contributed by atoms with E-state index in [0.717, 1.165) is 5.56 Å². The fourth-order valence-electron chi connectivity index (χ4n) is 0.767. The van der Waals surface area contributed by atoms with Gasteiger partial charge in [-0.2, -0.15) is 0 Å². The van der Waals surface area contributed by atoms with E-state index in [1.54, 1.807) is 18.2 Å². The van der Waals surface area contributed by atoms with Crippen LogP contribution >= 0.6 is 11.6 Å². The second-order valence-electron chi connectivity index (χ2n) is 2.18. The lowest BCUT2D eigenvalue weighted by molar-refractivity contribution is 0.322. The molecular weight excluding hydrogens is 174 g/mol. The smallest absolute Gasteiger partial charge is 0.0661 e. The first-order valence-electron chi connectivity index (χ1n) is 3.42. The molecule has 0 heterocycles. The predicted octanol–water partition coefficient (Wildman–Crippen LogP) is 2.81. The van der Waals surface area contributed by atoms with Crippen molar-refractivity contribution in [1.82, 2.24) is 0 Å². The molecule has 1 rings (SSSR count). The Hall–Kier alpha value is -1.28. The molecule has 2 nitrogen and oxygen atoms in total. The summed E-state index contributed by atoms with van der Waals surface area (Å²) in [4.78, 5) is 0. The minimum Gasteiger partial charge on any atom is -0.411 e. The monoisotopic (exact) mass is 181 g/mol. The maximum Gasteiger partial charge on any atom is 0.0661 e. The topological polar surface area (TPSA) is 32.6 Å². The average Bonchev–Trinajstić information content (AvgIpc) is 2.09. The highest BCUT2D eigenvalue weighted by Gasteiger charge is 1.85. The Balaban J connectivity index is 2.70. The zero-order chi connectivity index (χ0) is 8.81. The lowest BCUT2D eigenvalue weighted by Crippen LogP contribution is -1.70. The molecule has 0 aromatic heterocycles. The molecule has 0 bridgehead atoms. The maximum absolute atomic E-state index is 8.09. The van der Waals surface area contributed by atoms with Gasteiger partial charge in [-0.05, 0) is 23.8 Å². The van der Waals surface area contributed by atoms with Gasteiger partial charge in [0.25, 0.3) is 0 Å². The minimum atomic E-state index is 0.711. The van der Waals surface area contributed by atoms with Crippen molar-refractivity contribution in [1.29, 1.82) is 0 Å². The number of nitrogens with zero attached hydrogens (tertiary/aromatic N) is 1. The minimum absolute atomic E-state index is 0.711. The third-order valence-corrected chi connectivity index (χ3v) is 1.56. The van der Waals surface area contributed by atoms with Gasteiger partial charge in [0.1, 0.15) is 0 Å². The zero-order valence-electron chi connectivity index (χ0n) is 6.31. The van der Waals surface area contributed by atoms with Gasteiger partial charge in [-0.25, -0.2) is 0 Å². The van der Waals surface area contributed by atoms with Crippen molar-refractivity contribution >= 4 is 23.9 Å². The standard InChI is InChI=1S/C9H8ClNO/c10-9-5-3-8(4-6-9)2-1-7-11-12/h1-7,12H/b2-1+,11-7-. The third-order valence-electron chi connectivity index (χ3n) is 1.31. The summed E-state index contributed by atoms with van der Waals surface area (Å²) < 4.78 is 0. The van der Waals surface area contributed by atoms with Crippen LogP contribution < -0.4 is 0 Å². The fraction of sp³-hybridized carbons (Fsp3) is 0. The summed E-state index contributed by atoms with van der Waals surface area (Å²) in [6.07, 6.45) is 4.76. The largest absolute Gasteiger partial charge is 0.411 e. The maximum atomic E-state index is 8.09. The summed E-state index contributed by atoms with van der Waals surface area (Å²) in [5.41, 5.74) is 1.01. The van der Waals surface area contributed by atoms with E-state index in [4.69, 9.17) is 16.8 Å². The Labute approximate surface area is 75.8 Å². The molecule has 3 heteroatoms. The van der Waals surface area contributed by atoms with Crippen LogP contribution in [0.25, 0.3) is 6.08 Å². The van der Waals surface area contributed by atoms with Crippen LogP contribution in [-0.4, -0.2) is 11.4 Å². The number of benzene rings is 1. The van der Waals surface area contributed by atoms with Crippen molar-refractivity contribution in [2.24, 2.45) is 5.16 Å². The summed E-state index contributed by atoms with van der Waals surface area (Å²) >= 11 is 5.68. The second kappa shape index (κ2) is 4.57.